The summed E-state index contributed by atoms with van der Waals surface area (Å²) < 4.78 is 0. The summed E-state index contributed by atoms with van der Waals surface area (Å²) in [6.45, 7) is 7.64. The first-order chi connectivity index (χ1) is 9.38. The Morgan fingerprint density at radius 3 is 2.60 bits per heavy atom. The Balaban J connectivity index is 1.87. The fraction of sp³-hybridized carbons (Fsp3) is 0.857. The van der Waals surface area contributed by atoms with E-state index in [9.17, 15) is 9.59 Å². The van der Waals surface area contributed by atoms with Crippen molar-refractivity contribution in [1.29, 1.82) is 0 Å². The van der Waals surface area contributed by atoms with E-state index in [2.05, 4.69) is 10.2 Å². The Bertz CT molecular complexity index is 383. The topological polar surface area (TPSA) is 55.9 Å². The molecule has 6 heteroatoms. The number of nitrogens with one attached hydrogen (secondary N) is 1. The van der Waals surface area contributed by atoms with Crippen LogP contribution in [0.5, 0.6) is 0 Å². The molecule has 0 saturated carbocycles. The second-order valence-electron chi connectivity index (χ2n) is 6.46. The van der Waals surface area contributed by atoms with Crippen molar-refractivity contribution in [1.82, 2.24) is 20.0 Å². The van der Waals surface area contributed by atoms with Gasteiger partial charge in [-0.15, -0.1) is 0 Å². The molecule has 2 fully saturated rings. The van der Waals surface area contributed by atoms with Crippen molar-refractivity contribution < 1.29 is 9.59 Å². The molecule has 2 aliphatic heterocycles. The van der Waals surface area contributed by atoms with E-state index in [1.54, 1.807) is 4.90 Å². The van der Waals surface area contributed by atoms with Crippen LogP contribution in [0.1, 0.15) is 13.8 Å². The van der Waals surface area contributed by atoms with E-state index in [4.69, 9.17) is 0 Å². The van der Waals surface area contributed by atoms with Crippen LogP contribution in [0.15, 0.2) is 0 Å². The Morgan fingerprint density at radius 1 is 1.35 bits per heavy atom. The molecule has 0 bridgehead atoms. The fourth-order valence-electron chi connectivity index (χ4n) is 2.97. The van der Waals surface area contributed by atoms with Crippen LogP contribution < -0.4 is 5.32 Å². The highest BCUT2D eigenvalue weighted by atomic mass is 16.2. The van der Waals surface area contributed by atoms with E-state index in [0.717, 1.165) is 19.6 Å². The molecule has 0 aliphatic carbocycles. The second-order valence-corrected chi connectivity index (χ2v) is 6.46. The van der Waals surface area contributed by atoms with Crippen molar-refractivity contribution in [3.05, 3.63) is 0 Å². The van der Waals surface area contributed by atoms with Crippen LogP contribution in [0, 0.1) is 11.8 Å². The van der Waals surface area contributed by atoms with Gasteiger partial charge in [-0.1, -0.05) is 0 Å². The van der Waals surface area contributed by atoms with Gasteiger partial charge in [-0.3, -0.25) is 4.79 Å². The molecule has 114 valence electrons. The monoisotopic (exact) mass is 282 g/mol. The molecule has 0 aromatic heterocycles. The highest BCUT2D eigenvalue weighted by molar-refractivity contribution is 5.84. The zero-order chi connectivity index (χ0) is 14.9. The summed E-state index contributed by atoms with van der Waals surface area (Å²) >= 11 is 0. The number of hydrogen-bond donors (Lipinski definition) is 1. The van der Waals surface area contributed by atoms with Gasteiger partial charge >= 0.3 is 6.03 Å². The van der Waals surface area contributed by atoms with Crippen LogP contribution in [0.3, 0.4) is 0 Å². The highest BCUT2D eigenvalue weighted by Crippen LogP contribution is 2.32. The molecule has 1 N–H and O–H groups in total. The van der Waals surface area contributed by atoms with Crippen molar-refractivity contribution in [3.8, 4) is 0 Å². The lowest BCUT2D eigenvalue weighted by Crippen LogP contribution is -2.44. The lowest BCUT2D eigenvalue weighted by Gasteiger charge is -2.23. The summed E-state index contributed by atoms with van der Waals surface area (Å²) in [4.78, 5) is 30.1. The summed E-state index contributed by atoms with van der Waals surface area (Å²) in [5.74, 6) is 0.536. The molecule has 20 heavy (non-hydrogen) atoms. The SMILES string of the molecule is CC(C)NC(=O)N1C[C@H]2CN(CCN(C)C)C(=O)[C@H]2C1. The largest absolute Gasteiger partial charge is 0.341 e. The smallest absolute Gasteiger partial charge is 0.317 e. The maximum absolute atomic E-state index is 12.3. The number of likely N-dealkylation sites (tertiary alicyclic amines) is 2. The minimum absolute atomic E-state index is 0.00933. The number of carbonyl (C=O) groups is 2. The van der Waals surface area contributed by atoms with Crippen LogP contribution in [-0.2, 0) is 4.79 Å². The Kier molecular flexibility index (Phi) is 4.52. The molecule has 2 aliphatic rings. The molecule has 2 rings (SSSR count). The highest BCUT2D eigenvalue weighted by Gasteiger charge is 2.47. The molecule has 2 atom stereocenters. The van der Waals surface area contributed by atoms with Gasteiger partial charge in [0.25, 0.3) is 0 Å². The van der Waals surface area contributed by atoms with Crippen molar-refractivity contribution >= 4 is 11.9 Å². The zero-order valence-corrected chi connectivity index (χ0v) is 12.9. The third-order valence-corrected chi connectivity index (χ3v) is 4.04. The maximum atomic E-state index is 12.3. The van der Waals surface area contributed by atoms with Gasteiger partial charge in [-0.05, 0) is 27.9 Å². The second kappa shape index (κ2) is 5.99. The number of carbonyl (C=O) groups excluding carboxylic acids is 2. The predicted molar refractivity (Wildman–Crippen MR) is 77.4 cm³/mol. The number of fused-ring (bicyclic) bond motifs is 1. The van der Waals surface area contributed by atoms with Gasteiger partial charge in [-0.2, -0.15) is 0 Å². The van der Waals surface area contributed by atoms with Crippen LogP contribution in [0.4, 0.5) is 4.79 Å². The maximum Gasteiger partial charge on any atom is 0.317 e. The van der Waals surface area contributed by atoms with E-state index in [0.29, 0.717) is 19.0 Å². The number of rotatable bonds is 4. The third-order valence-electron chi connectivity index (χ3n) is 4.04. The van der Waals surface area contributed by atoms with E-state index < -0.39 is 0 Å². The van der Waals surface area contributed by atoms with Gasteiger partial charge in [0.05, 0.1) is 5.92 Å². The minimum Gasteiger partial charge on any atom is -0.341 e. The Hall–Kier alpha value is -1.30. The van der Waals surface area contributed by atoms with Gasteiger partial charge in [-0.25, -0.2) is 4.79 Å². The van der Waals surface area contributed by atoms with Crippen molar-refractivity contribution in [2.24, 2.45) is 11.8 Å². The fourth-order valence-corrected chi connectivity index (χ4v) is 2.97. The normalized spacial score (nSPS) is 25.8. The van der Waals surface area contributed by atoms with Gasteiger partial charge in [0, 0.05) is 44.7 Å². The number of likely N-dealkylation sites (N-methyl/N-ethyl adjacent to an activating group) is 1. The van der Waals surface area contributed by atoms with Gasteiger partial charge < -0.3 is 20.0 Å². The molecule has 0 aromatic carbocycles. The molecule has 0 spiro atoms. The quantitative estimate of drug-likeness (QED) is 0.793. The zero-order valence-electron chi connectivity index (χ0n) is 12.9. The Labute approximate surface area is 121 Å². The summed E-state index contributed by atoms with van der Waals surface area (Å²) in [6.07, 6.45) is 0. The van der Waals surface area contributed by atoms with Gasteiger partial charge in [0.2, 0.25) is 5.91 Å². The van der Waals surface area contributed by atoms with Crippen LogP contribution >= 0.6 is 0 Å². The van der Waals surface area contributed by atoms with Crippen molar-refractivity contribution in [3.63, 3.8) is 0 Å². The molecule has 0 aromatic rings. The molecule has 6 nitrogen and oxygen atoms in total. The first-order valence-electron chi connectivity index (χ1n) is 7.37. The van der Waals surface area contributed by atoms with Gasteiger partial charge in [0.15, 0.2) is 0 Å². The molecular weight excluding hydrogens is 256 g/mol. The van der Waals surface area contributed by atoms with Crippen molar-refractivity contribution in [2.75, 3.05) is 46.8 Å². The summed E-state index contributed by atoms with van der Waals surface area (Å²) in [5, 5.41) is 2.90. The number of hydrogen-bond acceptors (Lipinski definition) is 3. The standard InChI is InChI=1S/C14H26N4O2/c1-10(2)15-14(20)18-8-11-7-17(6-5-16(3)4)13(19)12(11)9-18/h10-12H,5-9H2,1-4H3,(H,15,20)/t11-,12+/m1/s1. The first-order valence-corrected chi connectivity index (χ1v) is 7.37. The third kappa shape index (κ3) is 3.23. The number of urea groups is 1. The van der Waals surface area contributed by atoms with Crippen LogP contribution in [0.25, 0.3) is 0 Å². The van der Waals surface area contributed by atoms with Crippen molar-refractivity contribution in [2.45, 2.75) is 19.9 Å². The van der Waals surface area contributed by atoms with Gasteiger partial charge in [0.1, 0.15) is 0 Å². The molecule has 2 heterocycles. The number of nitrogens with zero attached hydrogens (tertiary/aromatic N) is 3. The molecular formula is C14H26N4O2. The first kappa shape index (κ1) is 15.1. The average molecular weight is 282 g/mol. The molecule has 0 radical (unpaired) electrons. The van der Waals surface area contributed by atoms with E-state index in [1.165, 1.54) is 0 Å². The lowest BCUT2D eigenvalue weighted by molar-refractivity contribution is -0.131. The lowest BCUT2D eigenvalue weighted by atomic mass is 10.0. The van der Waals surface area contributed by atoms with Crippen LogP contribution in [0.2, 0.25) is 0 Å². The van der Waals surface area contributed by atoms with E-state index >= 15 is 0 Å². The average Bonchev–Trinajstić information content (AvgIpc) is 2.86. The summed E-state index contributed by atoms with van der Waals surface area (Å²) in [7, 11) is 4.03. The molecule has 3 amide bonds. The van der Waals surface area contributed by atoms with E-state index in [-0.39, 0.29) is 23.9 Å². The Morgan fingerprint density at radius 2 is 2.05 bits per heavy atom. The van der Waals surface area contributed by atoms with Crippen LogP contribution in [-0.4, -0.2) is 79.5 Å². The summed E-state index contributed by atoms with van der Waals surface area (Å²) in [6, 6.07) is 0.0947. The molecule has 0 unspecified atom stereocenters. The minimum atomic E-state index is -0.0398. The predicted octanol–water partition coefficient (Wildman–Crippen LogP) is 0.0562. The van der Waals surface area contributed by atoms with E-state index in [1.807, 2.05) is 32.8 Å². The number of amides is 3. The molecule has 2 saturated heterocycles. The summed E-state index contributed by atoms with van der Waals surface area (Å²) in [5.41, 5.74) is 0.